The second kappa shape index (κ2) is 6.51. The Morgan fingerprint density at radius 3 is 2.72 bits per heavy atom. The van der Waals surface area contributed by atoms with Gasteiger partial charge >= 0.3 is 0 Å². The average molecular weight is 256 g/mol. The van der Waals surface area contributed by atoms with Crippen molar-refractivity contribution < 1.29 is 4.79 Å². The molecule has 2 rings (SSSR count). The molecule has 0 unspecified atom stereocenters. The first kappa shape index (κ1) is 12.3. The van der Waals surface area contributed by atoms with Crippen molar-refractivity contribution in [1.82, 2.24) is 5.43 Å². The van der Waals surface area contributed by atoms with Crippen molar-refractivity contribution in [3.05, 3.63) is 64.4 Å². The summed E-state index contributed by atoms with van der Waals surface area (Å²) in [6, 6.07) is 13.5. The van der Waals surface area contributed by atoms with Gasteiger partial charge in [0, 0.05) is 11.0 Å². The number of amides is 1. The summed E-state index contributed by atoms with van der Waals surface area (Å²) in [5, 5.41) is 5.82. The molecule has 0 bridgehead atoms. The third kappa shape index (κ3) is 3.99. The molecule has 1 aromatic carbocycles. The summed E-state index contributed by atoms with van der Waals surface area (Å²) in [6.07, 6.45) is 4.83. The highest BCUT2D eigenvalue weighted by molar-refractivity contribution is 7.11. The Labute approximate surface area is 109 Å². The Balaban J connectivity index is 1.84. The molecule has 1 N–H and O–H groups in total. The molecule has 1 aromatic heterocycles. The molecule has 1 amide bonds. The Hall–Kier alpha value is -2.20. The summed E-state index contributed by atoms with van der Waals surface area (Å²) in [5.41, 5.74) is 3.42. The van der Waals surface area contributed by atoms with E-state index in [1.54, 1.807) is 23.6 Å². The van der Waals surface area contributed by atoms with Crippen molar-refractivity contribution in [1.29, 1.82) is 0 Å². The number of rotatable bonds is 4. The van der Waals surface area contributed by atoms with Crippen LogP contribution in [0.3, 0.4) is 0 Å². The molecule has 2 aromatic rings. The number of hydrogen-bond donors (Lipinski definition) is 1. The molecule has 0 saturated heterocycles. The summed E-state index contributed by atoms with van der Waals surface area (Å²) in [5.74, 6) is -0.244. The maximum atomic E-state index is 11.4. The largest absolute Gasteiger partial charge is 0.268 e. The number of carbonyl (C=O) groups is 1. The highest BCUT2D eigenvalue weighted by Gasteiger charge is 1.92. The van der Waals surface area contributed by atoms with Crippen molar-refractivity contribution in [2.24, 2.45) is 5.10 Å². The summed E-state index contributed by atoms with van der Waals surface area (Å²) in [7, 11) is 0. The normalized spacial score (nSPS) is 11.1. The minimum absolute atomic E-state index is 0.244. The van der Waals surface area contributed by atoms with Gasteiger partial charge in [-0.2, -0.15) is 5.10 Å². The Morgan fingerprint density at radius 2 is 2.00 bits per heavy atom. The highest BCUT2D eigenvalue weighted by atomic mass is 32.1. The number of carbonyl (C=O) groups excluding carboxylic acids is 1. The summed E-state index contributed by atoms with van der Waals surface area (Å²) in [4.78, 5) is 12.4. The SMILES string of the molecule is O=C(/C=C/c1ccccc1)NN=Cc1cccs1. The molecule has 0 aliphatic carbocycles. The van der Waals surface area contributed by atoms with Crippen LogP contribution in [0.4, 0.5) is 0 Å². The van der Waals surface area contributed by atoms with Gasteiger partial charge in [0.05, 0.1) is 6.21 Å². The van der Waals surface area contributed by atoms with Crippen LogP contribution in [0.15, 0.2) is 59.0 Å². The Kier molecular flexibility index (Phi) is 4.44. The topological polar surface area (TPSA) is 41.5 Å². The Bertz CT molecular complexity index is 544. The van der Waals surface area contributed by atoms with Gasteiger partial charge in [0.2, 0.25) is 0 Å². The lowest BCUT2D eigenvalue weighted by Gasteiger charge is -1.93. The van der Waals surface area contributed by atoms with E-state index in [-0.39, 0.29) is 5.91 Å². The standard InChI is InChI=1S/C14H12N2OS/c17-14(9-8-12-5-2-1-3-6-12)16-15-11-13-7-4-10-18-13/h1-11H,(H,16,17)/b9-8+,15-11?. The molecule has 3 nitrogen and oxygen atoms in total. The van der Waals surface area contributed by atoms with Gasteiger partial charge in [-0.05, 0) is 23.1 Å². The number of hydrazone groups is 1. The maximum Gasteiger partial charge on any atom is 0.264 e. The van der Waals surface area contributed by atoms with Crippen LogP contribution in [0.2, 0.25) is 0 Å². The molecule has 0 aliphatic heterocycles. The first-order chi connectivity index (χ1) is 8.84. The highest BCUT2D eigenvalue weighted by Crippen LogP contribution is 2.04. The van der Waals surface area contributed by atoms with Crippen molar-refractivity contribution >= 4 is 29.5 Å². The minimum Gasteiger partial charge on any atom is -0.268 e. The molecular weight excluding hydrogens is 244 g/mol. The van der Waals surface area contributed by atoms with Crippen LogP contribution in [-0.4, -0.2) is 12.1 Å². The third-order valence-electron chi connectivity index (χ3n) is 2.14. The van der Waals surface area contributed by atoms with Gasteiger partial charge in [-0.15, -0.1) is 11.3 Å². The summed E-state index contributed by atoms with van der Waals surface area (Å²) >= 11 is 1.57. The number of benzene rings is 1. The van der Waals surface area contributed by atoms with E-state index in [1.807, 2.05) is 47.8 Å². The minimum atomic E-state index is -0.244. The molecule has 18 heavy (non-hydrogen) atoms. The molecule has 0 fully saturated rings. The quantitative estimate of drug-likeness (QED) is 0.510. The van der Waals surface area contributed by atoms with E-state index in [2.05, 4.69) is 10.5 Å². The number of nitrogens with one attached hydrogen (secondary N) is 1. The van der Waals surface area contributed by atoms with Crippen LogP contribution in [-0.2, 0) is 4.79 Å². The van der Waals surface area contributed by atoms with Crippen LogP contribution >= 0.6 is 11.3 Å². The lowest BCUT2D eigenvalue weighted by molar-refractivity contribution is -0.116. The van der Waals surface area contributed by atoms with E-state index in [4.69, 9.17) is 0 Å². The van der Waals surface area contributed by atoms with E-state index in [0.29, 0.717) is 0 Å². The molecule has 90 valence electrons. The number of nitrogens with zero attached hydrogens (tertiary/aromatic N) is 1. The Morgan fingerprint density at radius 1 is 1.17 bits per heavy atom. The van der Waals surface area contributed by atoms with E-state index >= 15 is 0 Å². The van der Waals surface area contributed by atoms with Crippen LogP contribution < -0.4 is 5.43 Å². The second-order valence-electron chi connectivity index (χ2n) is 3.49. The van der Waals surface area contributed by atoms with Crippen molar-refractivity contribution in [3.8, 4) is 0 Å². The zero-order valence-electron chi connectivity index (χ0n) is 9.61. The maximum absolute atomic E-state index is 11.4. The summed E-state index contributed by atoms with van der Waals surface area (Å²) < 4.78 is 0. The molecule has 0 aliphatic rings. The van der Waals surface area contributed by atoms with Gasteiger partial charge in [-0.3, -0.25) is 4.79 Å². The zero-order valence-corrected chi connectivity index (χ0v) is 10.4. The molecule has 0 atom stereocenters. The number of hydrogen-bond acceptors (Lipinski definition) is 3. The van der Waals surface area contributed by atoms with Gasteiger partial charge in [-0.25, -0.2) is 5.43 Å². The van der Waals surface area contributed by atoms with Crippen LogP contribution in [0.1, 0.15) is 10.4 Å². The molecule has 1 heterocycles. The van der Waals surface area contributed by atoms with E-state index in [1.165, 1.54) is 6.08 Å². The second-order valence-corrected chi connectivity index (χ2v) is 4.47. The van der Waals surface area contributed by atoms with E-state index in [0.717, 1.165) is 10.4 Å². The molecule has 4 heteroatoms. The van der Waals surface area contributed by atoms with E-state index in [9.17, 15) is 4.79 Å². The van der Waals surface area contributed by atoms with Gasteiger partial charge < -0.3 is 0 Å². The van der Waals surface area contributed by atoms with Gasteiger partial charge in [-0.1, -0.05) is 36.4 Å². The van der Waals surface area contributed by atoms with Crippen LogP contribution in [0, 0.1) is 0 Å². The lowest BCUT2D eigenvalue weighted by Crippen LogP contribution is -2.13. The lowest BCUT2D eigenvalue weighted by atomic mass is 10.2. The smallest absolute Gasteiger partial charge is 0.264 e. The fourth-order valence-corrected chi connectivity index (χ4v) is 1.88. The molecule has 0 saturated carbocycles. The summed E-state index contributed by atoms with van der Waals surface area (Å²) in [6.45, 7) is 0. The van der Waals surface area contributed by atoms with Crippen LogP contribution in [0.25, 0.3) is 6.08 Å². The predicted molar refractivity (Wildman–Crippen MR) is 75.5 cm³/mol. The number of thiophene rings is 1. The molecule has 0 spiro atoms. The molecular formula is C14H12N2OS. The van der Waals surface area contributed by atoms with Crippen LogP contribution in [0.5, 0.6) is 0 Å². The first-order valence-electron chi connectivity index (χ1n) is 5.44. The van der Waals surface area contributed by atoms with Crippen molar-refractivity contribution in [2.45, 2.75) is 0 Å². The predicted octanol–water partition coefficient (Wildman–Crippen LogP) is 2.91. The van der Waals surface area contributed by atoms with Gasteiger partial charge in [0.25, 0.3) is 5.91 Å². The van der Waals surface area contributed by atoms with E-state index < -0.39 is 0 Å². The van der Waals surface area contributed by atoms with Gasteiger partial charge in [0.15, 0.2) is 0 Å². The fraction of sp³-hybridized carbons (Fsp3) is 0. The van der Waals surface area contributed by atoms with Crippen molar-refractivity contribution in [2.75, 3.05) is 0 Å². The van der Waals surface area contributed by atoms with Gasteiger partial charge in [0.1, 0.15) is 0 Å². The van der Waals surface area contributed by atoms with Crippen molar-refractivity contribution in [3.63, 3.8) is 0 Å². The first-order valence-corrected chi connectivity index (χ1v) is 6.32. The molecule has 0 radical (unpaired) electrons. The fourth-order valence-electron chi connectivity index (χ4n) is 1.30. The average Bonchev–Trinajstić information content (AvgIpc) is 2.91. The third-order valence-corrected chi connectivity index (χ3v) is 2.94. The zero-order chi connectivity index (χ0) is 12.6. The monoisotopic (exact) mass is 256 g/mol.